The maximum Gasteiger partial charge on any atom is 0.280 e. The van der Waals surface area contributed by atoms with E-state index in [2.05, 4.69) is 10.4 Å². The number of benzene rings is 2. The molecule has 1 aliphatic heterocycles. The molecular formula is C26H20ClN5O4. The van der Waals surface area contributed by atoms with Gasteiger partial charge in [-0.1, -0.05) is 30.7 Å². The third kappa shape index (κ3) is 3.64. The Morgan fingerprint density at radius 1 is 1.08 bits per heavy atom. The van der Waals surface area contributed by atoms with Crippen molar-refractivity contribution in [2.24, 2.45) is 0 Å². The number of hydrogen-bond acceptors (Lipinski definition) is 6. The van der Waals surface area contributed by atoms with Crippen LogP contribution in [0.3, 0.4) is 0 Å². The molecule has 0 saturated carbocycles. The van der Waals surface area contributed by atoms with Crippen LogP contribution in [0, 0.1) is 0 Å². The first-order chi connectivity index (χ1) is 17.5. The molecule has 1 aliphatic rings. The van der Waals surface area contributed by atoms with Crippen LogP contribution in [0.5, 0.6) is 11.5 Å². The van der Waals surface area contributed by atoms with Crippen molar-refractivity contribution in [3.05, 3.63) is 87.6 Å². The van der Waals surface area contributed by atoms with Crippen molar-refractivity contribution in [3.8, 4) is 22.6 Å². The summed E-state index contributed by atoms with van der Waals surface area (Å²) < 4.78 is 13.9. The molecule has 0 aliphatic carbocycles. The van der Waals surface area contributed by atoms with Gasteiger partial charge in [-0.15, -0.1) is 0 Å². The Kier molecular flexibility index (Phi) is 5.34. The van der Waals surface area contributed by atoms with Gasteiger partial charge in [0.1, 0.15) is 13.2 Å². The van der Waals surface area contributed by atoms with E-state index in [9.17, 15) is 9.59 Å². The van der Waals surface area contributed by atoms with E-state index in [1.807, 2.05) is 31.2 Å². The molecule has 2 aromatic carbocycles. The Labute approximate surface area is 209 Å². The second-order valence-electron chi connectivity index (χ2n) is 8.26. The number of aryl methyl sites for hydroxylation is 1. The molecule has 0 saturated heterocycles. The normalized spacial score (nSPS) is 12.7. The number of pyridine rings is 1. The minimum absolute atomic E-state index is 0.320. The Morgan fingerprint density at radius 3 is 2.64 bits per heavy atom. The number of hydrogen-bond donors (Lipinski definition) is 1. The summed E-state index contributed by atoms with van der Waals surface area (Å²) in [5.41, 5.74) is 6.47. The van der Waals surface area contributed by atoms with Gasteiger partial charge in [0.15, 0.2) is 17.1 Å². The number of fused-ring (bicyclic) bond motifs is 4. The highest BCUT2D eigenvalue weighted by atomic mass is 35.5. The van der Waals surface area contributed by atoms with E-state index in [4.69, 9.17) is 26.2 Å². The topological polar surface area (TPSA) is 99.8 Å². The monoisotopic (exact) mass is 501 g/mol. The van der Waals surface area contributed by atoms with E-state index in [0.29, 0.717) is 58.3 Å². The zero-order valence-corrected chi connectivity index (χ0v) is 20.0. The average molecular weight is 502 g/mol. The molecular weight excluding hydrogens is 482 g/mol. The lowest BCUT2D eigenvalue weighted by molar-refractivity contribution is 0.101. The molecule has 0 bridgehead atoms. The number of aromatic nitrogens is 4. The van der Waals surface area contributed by atoms with Crippen LogP contribution in [0.2, 0.25) is 5.02 Å². The number of halogens is 1. The number of carbonyl (C=O) groups is 1. The summed E-state index contributed by atoms with van der Waals surface area (Å²) in [6, 6.07) is 14.1. The first-order valence-corrected chi connectivity index (χ1v) is 11.8. The molecule has 1 amide bonds. The molecule has 4 heterocycles. The minimum atomic E-state index is -0.458. The summed E-state index contributed by atoms with van der Waals surface area (Å²) >= 11 is 6.07. The second kappa shape index (κ2) is 8.69. The lowest BCUT2D eigenvalue weighted by Crippen LogP contribution is -2.33. The van der Waals surface area contributed by atoms with Crippen LogP contribution in [0.1, 0.15) is 23.0 Å². The largest absolute Gasteiger partial charge is 0.486 e. The number of nitrogens with zero attached hydrogens (tertiary/aromatic N) is 4. The molecule has 0 atom stereocenters. The molecule has 3 aromatic heterocycles. The van der Waals surface area contributed by atoms with Crippen molar-refractivity contribution >= 4 is 34.1 Å². The van der Waals surface area contributed by atoms with Crippen LogP contribution in [0.4, 0.5) is 0 Å². The highest BCUT2D eigenvalue weighted by Crippen LogP contribution is 2.31. The van der Waals surface area contributed by atoms with Gasteiger partial charge >= 0.3 is 0 Å². The minimum Gasteiger partial charge on any atom is -0.486 e. The fourth-order valence-corrected chi connectivity index (χ4v) is 4.45. The SMILES string of the molecule is CCc1nn2c(ncc3c(=O)n(NC(=O)c4ccc5c(c4)OCCO5)ccc32)c1-c1ccc(Cl)cc1. The van der Waals surface area contributed by atoms with E-state index in [1.165, 1.54) is 12.4 Å². The molecule has 0 spiro atoms. The second-order valence-corrected chi connectivity index (χ2v) is 8.70. The predicted octanol–water partition coefficient (Wildman–Crippen LogP) is 4.08. The van der Waals surface area contributed by atoms with E-state index in [1.54, 1.807) is 28.8 Å². The third-order valence-electron chi connectivity index (χ3n) is 6.08. The summed E-state index contributed by atoms with van der Waals surface area (Å²) in [7, 11) is 0. The van der Waals surface area contributed by atoms with Crippen molar-refractivity contribution in [1.82, 2.24) is 19.3 Å². The van der Waals surface area contributed by atoms with Gasteiger partial charge in [0, 0.05) is 28.5 Å². The standard InChI is InChI=1S/C26H20ClN5O4/c1-2-19-23(15-3-6-17(27)7-4-15)24-28-14-18-20(32(24)29-19)9-10-31(26(18)34)30-25(33)16-5-8-21-22(13-16)36-12-11-35-21/h3-10,13-14H,2,11-12H2,1H3,(H,30,33). The maximum absolute atomic E-state index is 13.2. The van der Waals surface area contributed by atoms with Gasteiger partial charge in [-0.25, -0.2) is 14.2 Å². The number of rotatable bonds is 4. The van der Waals surface area contributed by atoms with Gasteiger partial charge in [0.25, 0.3) is 11.5 Å². The van der Waals surface area contributed by atoms with Crippen molar-refractivity contribution in [3.63, 3.8) is 0 Å². The fourth-order valence-electron chi connectivity index (χ4n) is 4.32. The van der Waals surface area contributed by atoms with Gasteiger partial charge in [-0.3, -0.25) is 15.0 Å². The molecule has 1 N–H and O–H groups in total. The Morgan fingerprint density at radius 2 is 1.86 bits per heavy atom. The Bertz CT molecular complexity index is 1710. The van der Waals surface area contributed by atoms with Crippen LogP contribution in [0.25, 0.3) is 27.7 Å². The first kappa shape index (κ1) is 22.1. The van der Waals surface area contributed by atoms with E-state index in [-0.39, 0.29) is 0 Å². The molecule has 36 heavy (non-hydrogen) atoms. The van der Waals surface area contributed by atoms with Gasteiger partial charge < -0.3 is 9.47 Å². The fraction of sp³-hybridized carbons (Fsp3) is 0.154. The van der Waals surface area contributed by atoms with Crippen LogP contribution < -0.4 is 20.5 Å². The quantitative estimate of drug-likeness (QED) is 0.398. The van der Waals surface area contributed by atoms with Gasteiger partial charge in [-0.05, 0) is 48.4 Å². The molecule has 9 nitrogen and oxygen atoms in total. The summed E-state index contributed by atoms with van der Waals surface area (Å²) in [5, 5.41) is 5.70. The van der Waals surface area contributed by atoms with E-state index in [0.717, 1.165) is 21.5 Å². The number of ether oxygens (including phenoxy) is 2. The number of amides is 1. The lowest BCUT2D eigenvalue weighted by Gasteiger charge is -2.18. The van der Waals surface area contributed by atoms with Crippen LogP contribution in [0.15, 0.2) is 65.7 Å². The summed E-state index contributed by atoms with van der Waals surface area (Å²) in [5.74, 6) is 0.618. The highest BCUT2D eigenvalue weighted by molar-refractivity contribution is 6.30. The van der Waals surface area contributed by atoms with Crippen LogP contribution in [-0.2, 0) is 6.42 Å². The van der Waals surface area contributed by atoms with Crippen LogP contribution in [-0.4, -0.2) is 38.4 Å². The van der Waals surface area contributed by atoms with E-state index < -0.39 is 11.5 Å². The van der Waals surface area contributed by atoms with Gasteiger partial charge in [0.05, 0.1) is 16.6 Å². The van der Waals surface area contributed by atoms with Gasteiger partial charge in [0.2, 0.25) is 0 Å². The molecule has 0 radical (unpaired) electrons. The summed E-state index contributed by atoms with van der Waals surface area (Å²) in [6.07, 6.45) is 3.71. The molecule has 6 rings (SSSR count). The number of carbonyl (C=O) groups excluding carboxylic acids is 1. The zero-order chi connectivity index (χ0) is 24.8. The number of nitrogens with one attached hydrogen (secondary N) is 1. The summed E-state index contributed by atoms with van der Waals surface area (Å²) in [6.45, 7) is 2.89. The first-order valence-electron chi connectivity index (χ1n) is 11.4. The van der Waals surface area contributed by atoms with Crippen molar-refractivity contribution in [2.75, 3.05) is 18.6 Å². The van der Waals surface area contributed by atoms with E-state index >= 15 is 0 Å². The molecule has 0 fully saturated rings. The van der Waals surface area contributed by atoms with Crippen molar-refractivity contribution < 1.29 is 14.3 Å². The maximum atomic E-state index is 13.2. The molecule has 0 unspecified atom stereocenters. The third-order valence-corrected chi connectivity index (χ3v) is 6.33. The highest BCUT2D eigenvalue weighted by Gasteiger charge is 2.19. The average Bonchev–Trinajstić information content (AvgIpc) is 3.29. The zero-order valence-electron chi connectivity index (χ0n) is 19.2. The molecule has 180 valence electrons. The smallest absolute Gasteiger partial charge is 0.280 e. The molecule has 5 aromatic rings. The summed E-state index contributed by atoms with van der Waals surface area (Å²) in [4.78, 5) is 30.7. The van der Waals surface area contributed by atoms with Crippen molar-refractivity contribution in [2.45, 2.75) is 13.3 Å². The Balaban J connectivity index is 1.39. The van der Waals surface area contributed by atoms with Crippen molar-refractivity contribution in [1.29, 1.82) is 0 Å². The van der Waals surface area contributed by atoms with Crippen LogP contribution >= 0.6 is 11.6 Å². The van der Waals surface area contributed by atoms with Gasteiger partial charge in [-0.2, -0.15) is 5.10 Å². The molecule has 10 heteroatoms. The predicted molar refractivity (Wildman–Crippen MR) is 136 cm³/mol. The Hall–Kier alpha value is -4.37. The lowest BCUT2D eigenvalue weighted by atomic mass is 10.0.